The lowest BCUT2D eigenvalue weighted by atomic mass is 9.89. The van der Waals surface area contributed by atoms with Crippen LogP contribution in [0.15, 0.2) is 58.1 Å². The van der Waals surface area contributed by atoms with Gasteiger partial charge in [-0.25, -0.2) is 5.43 Å². The fourth-order valence-corrected chi connectivity index (χ4v) is 3.54. The van der Waals surface area contributed by atoms with E-state index < -0.39 is 0 Å². The largest absolute Gasteiger partial charge is 0.322 e. The number of hydrogen-bond acceptors (Lipinski definition) is 3. The van der Waals surface area contributed by atoms with Gasteiger partial charge in [-0.05, 0) is 77.5 Å². The van der Waals surface area contributed by atoms with Crippen molar-refractivity contribution in [3.8, 4) is 0 Å². The number of carbonyl (C=O) groups excluding carboxylic acids is 2. The van der Waals surface area contributed by atoms with Gasteiger partial charge in [0.25, 0.3) is 11.8 Å². The Morgan fingerprint density at radius 3 is 2.48 bits per heavy atom. The highest BCUT2D eigenvalue weighted by atomic mass is 79.9. The van der Waals surface area contributed by atoms with Crippen molar-refractivity contribution in [1.82, 2.24) is 5.43 Å². The summed E-state index contributed by atoms with van der Waals surface area (Å²) in [6, 6.07) is 14.0. The predicted octanol–water partition coefficient (Wildman–Crippen LogP) is 5.00. The van der Waals surface area contributed by atoms with Crippen molar-refractivity contribution in [2.75, 3.05) is 5.32 Å². The molecule has 1 aliphatic carbocycles. The van der Waals surface area contributed by atoms with E-state index in [9.17, 15) is 9.59 Å². The Balaban J connectivity index is 1.61. The zero-order chi connectivity index (χ0) is 19.2. The molecular formula is C21H22BrN3O2. The van der Waals surface area contributed by atoms with Crippen LogP contribution >= 0.6 is 15.9 Å². The van der Waals surface area contributed by atoms with Crippen LogP contribution in [0.25, 0.3) is 0 Å². The highest BCUT2D eigenvalue weighted by Gasteiger charge is 2.16. The molecule has 0 spiro atoms. The second kappa shape index (κ2) is 8.95. The summed E-state index contributed by atoms with van der Waals surface area (Å²) in [5, 5.41) is 7.13. The van der Waals surface area contributed by atoms with Gasteiger partial charge in [-0.3, -0.25) is 9.59 Å². The van der Waals surface area contributed by atoms with Crippen LogP contribution in [0.1, 0.15) is 53.3 Å². The molecule has 0 aliphatic heterocycles. The van der Waals surface area contributed by atoms with Crippen molar-refractivity contribution in [3.63, 3.8) is 0 Å². The van der Waals surface area contributed by atoms with E-state index in [-0.39, 0.29) is 11.8 Å². The Morgan fingerprint density at radius 2 is 1.78 bits per heavy atom. The fraction of sp³-hybridized carbons (Fsp3) is 0.286. The molecule has 0 unspecified atom stereocenters. The summed E-state index contributed by atoms with van der Waals surface area (Å²) in [6.45, 7) is 2.15. The molecule has 6 heteroatoms. The van der Waals surface area contributed by atoms with E-state index in [0.717, 1.165) is 29.4 Å². The van der Waals surface area contributed by atoms with E-state index >= 15 is 0 Å². The standard InChI is InChI=1S/C21H22BrN3O2/c1-14-6-2-5-9-19(14)24-25-20(26)15-10-12-16(13-11-15)23-21(27)17-7-3-4-8-18(17)22/h3-4,7-8,10-14H,2,5-6,9H2,1H3,(H,23,27)(H,25,26)/b24-19-/t14-/m0/s1. The van der Waals surface area contributed by atoms with Crippen molar-refractivity contribution in [2.24, 2.45) is 11.0 Å². The van der Waals surface area contributed by atoms with Crippen LogP contribution in [0.3, 0.4) is 0 Å². The molecule has 140 valence electrons. The van der Waals surface area contributed by atoms with E-state index in [2.05, 4.69) is 38.7 Å². The normalized spacial score (nSPS) is 18.1. The molecule has 0 radical (unpaired) electrons. The SMILES string of the molecule is C[C@H]1CCCC/C1=N/NC(=O)c1ccc(NC(=O)c2ccccc2Br)cc1. The number of rotatable bonds is 4. The maximum Gasteiger partial charge on any atom is 0.271 e. The Labute approximate surface area is 167 Å². The average Bonchev–Trinajstić information content (AvgIpc) is 2.68. The zero-order valence-electron chi connectivity index (χ0n) is 15.2. The molecule has 2 amide bonds. The smallest absolute Gasteiger partial charge is 0.271 e. The number of amides is 2. The molecule has 3 rings (SSSR count). The average molecular weight is 428 g/mol. The van der Waals surface area contributed by atoms with Gasteiger partial charge in [-0.2, -0.15) is 5.10 Å². The summed E-state index contributed by atoms with van der Waals surface area (Å²) in [5.74, 6) is -0.0322. The monoisotopic (exact) mass is 427 g/mol. The molecule has 1 saturated carbocycles. The van der Waals surface area contributed by atoms with Crippen molar-refractivity contribution >= 4 is 39.1 Å². The first-order chi connectivity index (χ1) is 13.0. The van der Waals surface area contributed by atoms with Gasteiger partial charge in [0.1, 0.15) is 0 Å². The quantitative estimate of drug-likeness (QED) is 0.673. The van der Waals surface area contributed by atoms with Crippen molar-refractivity contribution in [3.05, 3.63) is 64.1 Å². The van der Waals surface area contributed by atoms with Gasteiger partial charge >= 0.3 is 0 Å². The van der Waals surface area contributed by atoms with Crippen molar-refractivity contribution < 1.29 is 9.59 Å². The van der Waals surface area contributed by atoms with E-state index in [1.54, 1.807) is 30.3 Å². The van der Waals surface area contributed by atoms with Crippen molar-refractivity contribution in [1.29, 1.82) is 0 Å². The number of anilines is 1. The van der Waals surface area contributed by atoms with E-state index in [1.807, 2.05) is 18.2 Å². The third-order valence-electron chi connectivity index (χ3n) is 4.71. The van der Waals surface area contributed by atoms with Crippen LogP contribution in [0, 0.1) is 5.92 Å². The summed E-state index contributed by atoms with van der Waals surface area (Å²) in [6.07, 6.45) is 4.42. The molecule has 2 aromatic rings. The van der Waals surface area contributed by atoms with Crippen LogP contribution in [-0.2, 0) is 0 Å². The van der Waals surface area contributed by atoms with E-state index in [1.165, 1.54) is 6.42 Å². The maximum absolute atomic E-state index is 12.3. The van der Waals surface area contributed by atoms with Crippen molar-refractivity contribution in [2.45, 2.75) is 32.6 Å². The fourth-order valence-electron chi connectivity index (χ4n) is 3.07. The van der Waals surface area contributed by atoms with E-state index in [0.29, 0.717) is 22.7 Å². The maximum atomic E-state index is 12.3. The predicted molar refractivity (Wildman–Crippen MR) is 111 cm³/mol. The molecule has 1 atom stereocenters. The van der Waals surface area contributed by atoms with Gasteiger partial charge < -0.3 is 5.32 Å². The highest BCUT2D eigenvalue weighted by Crippen LogP contribution is 2.21. The Morgan fingerprint density at radius 1 is 1.04 bits per heavy atom. The second-order valence-electron chi connectivity index (χ2n) is 6.70. The molecule has 0 saturated heterocycles. The Bertz CT molecular complexity index is 862. The van der Waals surface area contributed by atoms with Crippen LogP contribution in [0.4, 0.5) is 5.69 Å². The third kappa shape index (κ3) is 5.04. The number of hydrogen-bond donors (Lipinski definition) is 2. The van der Waals surface area contributed by atoms with Crippen LogP contribution in [0.5, 0.6) is 0 Å². The van der Waals surface area contributed by atoms with Gasteiger partial charge in [0.15, 0.2) is 0 Å². The molecule has 2 N–H and O–H groups in total. The molecule has 1 aliphatic rings. The number of halogens is 1. The first-order valence-electron chi connectivity index (χ1n) is 9.07. The van der Waals surface area contributed by atoms with Crippen LogP contribution in [-0.4, -0.2) is 17.5 Å². The van der Waals surface area contributed by atoms with Gasteiger partial charge in [0, 0.05) is 21.4 Å². The first kappa shape index (κ1) is 19.3. The summed E-state index contributed by atoms with van der Waals surface area (Å²) in [5.41, 5.74) is 5.39. The lowest BCUT2D eigenvalue weighted by Crippen LogP contribution is -2.24. The lowest BCUT2D eigenvalue weighted by Gasteiger charge is -2.19. The molecule has 0 bridgehead atoms. The second-order valence-corrected chi connectivity index (χ2v) is 7.56. The summed E-state index contributed by atoms with van der Waals surface area (Å²) in [7, 11) is 0. The molecule has 5 nitrogen and oxygen atoms in total. The zero-order valence-corrected chi connectivity index (χ0v) is 16.8. The van der Waals surface area contributed by atoms with Gasteiger partial charge in [-0.1, -0.05) is 25.5 Å². The minimum atomic E-state index is -0.246. The molecule has 27 heavy (non-hydrogen) atoms. The number of benzene rings is 2. The molecule has 0 heterocycles. The molecule has 1 fully saturated rings. The van der Waals surface area contributed by atoms with Gasteiger partial charge in [-0.15, -0.1) is 0 Å². The highest BCUT2D eigenvalue weighted by molar-refractivity contribution is 9.10. The summed E-state index contributed by atoms with van der Waals surface area (Å²) < 4.78 is 0.731. The molecule has 0 aromatic heterocycles. The minimum Gasteiger partial charge on any atom is -0.322 e. The van der Waals surface area contributed by atoms with E-state index in [4.69, 9.17) is 0 Å². The first-order valence-corrected chi connectivity index (χ1v) is 9.86. The Hall–Kier alpha value is -2.47. The Kier molecular flexibility index (Phi) is 6.40. The molecule has 2 aromatic carbocycles. The van der Waals surface area contributed by atoms with Gasteiger partial charge in [0.05, 0.1) is 5.56 Å². The summed E-state index contributed by atoms with van der Waals surface area (Å²) in [4.78, 5) is 24.6. The lowest BCUT2D eigenvalue weighted by molar-refractivity contribution is 0.0953. The minimum absolute atomic E-state index is 0.211. The van der Waals surface area contributed by atoms with Crippen LogP contribution < -0.4 is 10.7 Å². The number of nitrogens with zero attached hydrogens (tertiary/aromatic N) is 1. The summed E-state index contributed by atoms with van der Waals surface area (Å²) >= 11 is 3.37. The number of nitrogens with one attached hydrogen (secondary N) is 2. The van der Waals surface area contributed by atoms with Gasteiger partial charge in [0.2, 0.25) is 0 Å². The third-order valence-corrected chi connectivity index (χ3v) is 5.40. The van der Waals surface area contributed by atoms with Crippen LogP contribution in [0.2, 0.25) is 0 Å². The number of hydrazone groups is 1. The topological polar surface area (TPSA) is 70.6 Å². The number of carbonyl (C=O) groups is 2. The molecular weight excluding hydrogens is 406 g/mol.